The van der Waals surface area contributed by atoms with E-state index in [2.05, 4.69) is 0 Å². The Morgan fingerprint density at radius 1 is 1.12 bits per heavy atom. The molecule has 0 bridgehead atoms. The maximum atomic E-state index is 13.8. The van der Waals surface area contributed by atoms with Crippen molar-refractivity contribution >= 4 is 24.8 Å². The molecule has 4 N–H and O–H groups in total. The number of halogens is 3. The number of nitrogens with two attached hydrogens (primary N) is 2. The lowest BCUT2D eigenvalue weighted by Gasteiger charge is -2.55. The van der Waals surface area contributed by atoms with Crippen LogP contribution in [0.1, 0.15) is 38.5 Å². The van der Waals surface area contributed by atoms with E-state index in [-0.39, 0.29) is 37.9 Å². The number of hydrogen-bond acceptors (Lipinski definition) is 2. The van der Waals surface area contributed by atoms with E-state index in [4.69, 9.17) is 11.5 Å². The van der Waals surface area contributed by atoms with E-state index in [0.717, 1.165) is 0 Å². The zero-order chi connectivity index (χ0) is 10.2. The largest absolute Gasteiger partial charge is 0.327 e. The van der Waals surface area contributed by atoms with Gasteiger partial charge in [0.15, 0.2) is 0 Å². The highest BCUT2D eigenvalue weighted by molar-refractivity contribution is 5.85. The fourth-order valence-electron chi connectivity index (χ4n) is 3.16. The number of hydrogen-bond donors (Lipinski definition) is 2. The van der Waals surface area contributed by atoms with Crippen LogP contribution in [0.4, 0.5) is 4.39 Å². The number of rotatable bonds is 4. The predicted octanol–water partition coefficient (Wildman–Crippen LogP) is 2.43. The van der Waals surface area contributed by atoms with E-state index in [0.29, 0.717) is 17.8 Å². The molecule has 0 aromatic rings. The van der Waals surface area contributed by atoms with Crippen molar-refractivity contribution in [3.05, 3.63) is 0 Å². The first-order valence-corrected chi connectivity index (χ1v) is 5.71. The summed E-state index contributed by atoms with van der Waals surface area (Å²) in [5, 5.41) is 0. The smallest absolute Gasteiger partial charge is 0.135 e. The Labute approximate surface area is 110 Å². The summed E-state index contributed by atoms with van der Waals surface area (Å²) in [4.78, 5) is 0. The van der Waals surface area contributed by atoms with Crippen LogP contribution in [0.5, 0.6) is 0 Å². The summed E-state index contributed by atoms with van der Waals surface area (Å²) in [6.07, 6.45) is 7.14. The first-order chi connectivity index (χ1) is 6.61. The Balaban J connectivity index is 0.00000112. The van der Waals surface area contributed by atoms with Gasteiger partial charge < -0.3 is 11.5 Å². The normalized spacial score (nSPS) is 22.7. The van der Waals surface area contributed by atoms with Gasteiger partial charge in [0.2, 0.25) is 0 Å². The first-order valence-electron chi connectivity index (χ1n) is 5.71. The van der Waals surface area contributed by atoms with Gasteiger partial charge in [0.1, 0.15) is 5.67 Å². The average Bonchev–Trinajstić information content (AvgIpc) is 2.07. The standard InChI is InChI=1S/C11H21FN2.2ClH/c12-11(7-13,8-14)6-9-4-10(5-9)2-1-3-10;;/h9H,1-8,13-14H2;2*1H. The predicted molar refractivity (Wildman–Crippen MR) is 70.1 cm³/mol. The van der Waals surface area contributed by atoms with Gasteiger partial charge in [-0.15, -0.1) is 24.8 Å². The van der Waals surface area contributed by atoms with Crippen LogP contribution >= 0.6 is 24.8 Å². The van der Waals surface area contributed by atoms with Crippen molar-refractivity contribution in [1.82, 2.24) is 0 Å². The zero-order valence-electron chi connectivity index (χ0n) is 9.58. The molecule has 0 atom stereocenters. The minimum Gasteiger partial charge on any atom is -0.327 e. The number of alkyl halides is 1. The molecule has 2 saturated carbocycles. The molecule has 2 nitrogen and oxygen atoms in total. The van der Waals surface area contributed by atoms with Gasteiger partial charge in [-0.1, -0.05) is 6.42 Å². The second-order valence-corrected chi connectivity index (χ2v) is 5.39. The lowest BCUT2D eigenvalue weighted by molar-refractivity contribution is -0.0476. The van der Waals surface area contributed by atoms with Gasteiger partial charge in [0.25, 0.3) is 0 Å². The summed E-state index contributed by atoms with van der Waals surface area (Å²) in [5.41, 5.74) is 10.1. The third kappa shape index (κ3) is 3.00. The minimum absolute atomic E-state index is 0. The molecule has 0 radical (unpaired) electrons. The monoisotopic (exact) mass is 272 g/mol. The summed E-state index contributed by atoms with van der Waals surface area (Å²) in [5.74, 6) is 0.549. The van der Waals surface area contributed by atoms with E-state index in [1.807, 2.05) is 0 Å². The van der Waals surface area contributed by atoms with Crippen LogP contribution in [0.25, 0.3) is 0 Å². The third-order valence-corrected chi connectivity index (χ3v) is 4.24. The Hall–Kier alpha value is 0.430. The van der Waals surface area contributed by atoms with Crippen molar-refractivity contribution in [1.29, 1.82) is 0 Å². The molecule has 2 rings (SSSR count). The summed E-state index contributed by atoms with van der Waals surface area (Å²) >= 11 is 0. The zero-order valence-corrected chi connectivity index (χ0v) is 11.2. The molecule has 0 unspecified atom stereocenters. The topological polar surface area (TPSA) is 52.0 Å². The van der Waals surface area contributed by atoms with E-state index >= 15 is 0 Å². The van der Waals surface area contributed by atoms with Crippen molar-refractivity contribution in [3.8, 4) is 0 Å². The fourth-order valence-corrected chi connectivity index (χ4v) is 3.16. The molecule has 98 valence electrons. The first kappa shape index (κ1) is 16.4. The van der Waals surface area contributed by atoms with Crippen molar-refractivity contribution < 1.29 is 4.39 Å². The van der Waals surface area contributed by atoms with E-state index < -0.39 is 5.67 Å². The van der Waals surface area contributed by atoms with Crippen LogP contribution in [-0.2, 0) is 0 Å². The van der Waals surface area contributed by atoms with Crippen LogP contribution in [0, 0.1) is 11.3 Å². The van der Waals surface area contributed by atoms with Gasteiger partial charge >= 0.3 is 0 Å². The van der Waals surface area contributed by atoms with Gasteiger partial charge in [-0.05, 0) is 43.4 Å². The second-order valence-electron chi connectivity index (χ2n) is 5.39. The maximum Gasteiger partial charge on any atom is 0.135 e. The van der Waals surface area contributed by atoms with Crippen molar-refractivity contribution in [2.24, 2.45) is 22.8 Å². The summed E-state index contributed by atoms with van der Waals surface area (Å²) in [7, 11) is 0. The molecular formula is C11H23Cl2FN2. The molecule has 1 spiro atoms. The highest BCUT2D eigenvalue weighted by Crippen LogP contribution is 2.60. The Morgan fingerprint density at radius 2 is 1.62 bits per heavy atom. The molecular weight excluding hydrogens is 250 g/mol. The summed E-state index contributed by atoms with van der Waals surface area (Å²) in [6.45, 7) is 0.153. The van der Waals surface area contributed by atoms with Crippen LogP contribution in [0.3, 0.4) is 0 Å². The molecule has 2 aliphatic carbocycles. The fraction of sp³-hybridized carbons (Fsp3) is 1.00. The van der Waals surface area contributed by atoms with Crippen molar-refractivity contribution in [3.63, 3.8) is 0 Å². The summed E-state index contributed by atoms with van der Waals surface area (Å²) < 4.78 is 13.8. The molecule has 16 heavy (non-hydrogen) atoms. The molecule has 0 aromatic heterocycles. The van der Waals surface area contributed by atoms with Gasteiger partial charge in [-0.2, -0.15) is 0 Å². The third-order valence-electron chi connectivity index (χ3n) is 4.24. The lowest BCUT2D eigenvalue weighted by atomic mass is 9.50. The Bertz CT molecular complexity index is 210. The summed E-state index contributed by atoms with van der Waals surface area (Å²) in [6, 6.07) is 0. The molecule has 2 aliphatic rings. The maximum absolute atomic E-state index is 13.8. The van der Waals surface area contributed by atoms with Gasteiger partial charge in [-0.3, -0.25) is 0 Å². The van der Waals surface area contributed by atoms with Gasteiger partial charge in [0.05, 0.1) is 0 Å². The molecule has 0 aliphatic heterocycles. The molecule has 0 heterocycles. The molecule has 0 aromatic carbocycles. The molecule has 0 amide bonds. The van der Waals surface area contributed by atoms with Crippen LogP contribution in [0.15, 0.2) is 0 Å². The Kier molecular flexibility index (Phi) is 6.01. The highest BCUT2D eigenvalue weighted by Gasteiger charge is 2.49. The van der Waals surface area contributed by atoms with Crippen LogP contribution in [-0.4, -0.2) is 18.8 Å². The second kappa shape index (κ2) is 5.85. The van der Waals surface area contributed by atoms with Crippen LogP contribution in [0.2, 0.25) is 0 Å². The quantitative estimate of drug-likeness (QED) is 0.826. The van der Waals surface area contributed by atoms with Crippen molar-refractivity contribution in [2.45, 2.75) is 44.2 Å². The van der Waals surface area contributed by atoms with Crippen molar-refractivity contribution in [2.75, 3.05) is 13.1 Å². The highest BCUT2D eigenvalue weighted by atomic mass is 35.5. The lowest BCUT2D eigenvalue weighted by Crippen LogP contribution is -2.49. The van der Waals surface area contributed by atoms with E-state index in [9.17, 15) is 4.39 Å². The molecule has 0 saturated heterocycles. The average molecular weight is 273 g/mol. The van der Waals surface area contributed by atoms with Gasteiger partial charge in [0, 0.05) is 13.1 Å². The molecule has 5 heteroatoms. The van der Waals surface area contributed by atoms with E-state index in [1.165, 1.54) is 32.1 Å². The van der Waals surface area contributed by atoms with Gasteiger partial charge in [-0.25, -0.2) is 4.39 Å². The SMILES string of the molecule is Cl.Cl.NCC(F)(CN)CC1CC2(CCC2)C1. The van der Waals surface area contributed by atoms with Crippen LogP contribution < -0.4 is 11.5 Å². The Morgan fingerprint density at radius 3 is 1.94 bits per heavy atom. The molecule has 2 fully saturated rings. The van der Waals surface area contributed by atoms with E-state index in [1.54, 1.807) is 0 Å². The minimum atomic E-state index is -1.30.